The highest BCUT2D eigenvalue weighted by Crippen LogP contribution is 2.32. The smallest absolute Gasteiger partial charge is 0.341 e. The molecule has 3 rings (SSSR count). The van der Waals surface area contributed by atoms with E-state index >= 15 is 0 Å². The lowest BCUT2D eigenvalue weighted by Gasteiger charge is -2.29. The zero-order chi connectivity index (χ0) is 15.9. The number of aromatic nitrogens is 1. The Morgan fingerprint density at radius 1 is 1.32 bits per heavy atom. The molecular weight excluding hydrogens is 291 g/mol. The molecule has 22 heavy (non-hydrogen) atoms. The van der Waals surface area contributed by atoms with Gasteiger partial charge in [-0.1, -0.05) is 0 Å². The lowest BCUT2D eigenvalue weighted by molar-refractivity contribution is 0.0694. The Hall–Kier alpha value is -2.83. The number of aromatic carboxylic acids is 1. The van der Waals surface area contributed by atoms with Crippen LogP contribution in [0.5, 0.6) is 5.88 Å². The van der Waals surface area contributed by atoms with Crippen molar-refractivity contribution in [2.75, 3.05) is 25.1 Å². The minimum absolute atomic E-state index is 0.260. The minimum Gasteiger partial charge on any atom is -0.477 e. The Bertz CT molecular complexity index is 798. The molecule has 0 fully saturated rings. The van der Waals surface area contributed by atoms with E-state index in [4.69, 9.17) is 4.74 Å². The number of fused-ring (bicyclic) bond motifs is 1. The maximum atomic E-state index is 13.1. The van der Waals surface area contributed by atoms with Crippen LogP contribution in [-0.4, -0.2) is 35.8 Å². The van der Waals surface area contributed by atoms with E-state index in [1.807, 2.05) is 4.90 Å². The van der Waals surface area contributed by atoms with Crippen molar-refractivity contribution in [3.63, 3.8) is 0 Å². The molecule has 0 saturated heterocycles. The van der Waals surface area contributed by atoms with Crippen LogP contribution >= 0.6 is 0 Å². The summed E-state index contributed by atoms with van der Waals surface area (Å²) in [5.41, 5.74) is -0.220. The maximum Gasteiger partial charge on any atom is 0.341 e. The maximum absolute atomic E-state index is 13.1. The van der Waals surface area contributed by atoms with Gasteiger partial charge in [-0.2, -0.15) is 0 Å². The standard InChI is InChI=1S/C15H13FN2O4/c1-17-6-7-22-14-12(17)8-11(15(20)21)13(19)18(14)10-4-2-9(16)3-5-10/h2-5,8H,6-7H2,1H3,(H,20,21). The molecule has 0 spiro atoms. The SMILES string of the molecule is CN1CCOc2c1cc(C(=O)O)c(=O)n2-c1ccc(F)cc1. The van der Waals surface area contributed by atoms with Crippen LogP contribution in [0.15, 0.2) is 35.1 Å². The first kappa shape index (κ1) is 14.1. The van der Waals surface area contributed by atoms with E-state index in [9.17, 15) is 19.1 Å². The summed E-state index contributed by atoms with van der Waals surface area (Å²) in [4.78, 5) is 25.6. The molecule has 0 bridgehead atoms. The quantitative estimate of drug-likeness (QED) is 0.910. The number of nitrogens with zero attached hydrogens (tertiary/aromatic N) is 2. The summed E-state index contributed by atoms with van der Waals surface area (Å²) >= 11 is 0. The Balaban J connectivity index is 2.34. The summed E-state index contributed by atoms with van der Waals surface area (Å²) in [5, 5.41) is 9.24. The lowest BCUT2D eigenvalue weighted by atomic mass is 10.2. The van der Waals surface area contributed by atoms with Crippen LogP contribution in [-0.2, 0) is 0 Å². The summed E-state index contributed by atoms with van der Waals surface area (Å²) in [5.74, 6) is -1.50. The monoisotopic (exact) mass is 304 g/mol. The van der Waals surface area contributed by atoms with Gasteiger partial charge in [0, 0.05) is 7.05 Å². The molecule has 6 nitrogen and oxygen atoms in total. The molecule has 0 aliphatic carbocycles. The molecule has 1 N–H and O–H groups in total. The second-order valence-corrected chi connectivity index (χ2v) is 4.94. The first-order valence-corrected chi connectivity index (χ1v) is 6.62. The number of pyridine rings is 1. The van der Waals surface area contributed by atoms with Crippen molar-refractivity contribution in [1.82, 2.24) is 4.57 Å². The molecule has 0 unspecified atom stereocenters. The third-order valence-electron chi connectivity index (χ3n) is 3.53. The van der Waals surface area contributed by atoms with Gasteiger partial charge in [0.2, 0.25) is 5.88 Å². The Morgan fingerprint density at radius 2 is 2.00 bits per heavy atom. The molecule has 1 aliphatic rings. The third-order valence-corrected chi connectivity index (χ3v) is 3.53. The molecule has 2 aromatic rings. The Kier molecular flexibility index (Phi) is 3.32. The van der Waals surface area contributed by atoms with Gasteiger partial charge in [-0.3, -0.25) is 4.79 Å². The minimum atomic E-state index is -1.32. The summed E-state index contributed by atoms with van der Waals surface area (Å²) in [6, 6.07) is 6.52. The number of benzene rings is 1. The molecular formula is C15H13FN2O4. The van der Waals surface area contributed by atoms with Gasteiger partial charge in [-0.05, 0) is 30.3 Å². The van der Waals surface area contributed by atoms with Crippen LogP contribution in [0.2, 0.25) is 0 Å². The van der Waals surface area contributed by atoms with Gasteiger partial charge in [-0.15, -0.1) is 0 Å². The van der Waals surface area contributed by atoms with Crippen molar-refractivity contribution in [2.24, 2.45) is 0 Å². The molecule has 0 radical (unpaired) electrons. The highest BCUT2D eigenvalue weighted by Gasteiger charge is 2.25. The first-order chi connectivity index (χ1) is 10.5. The van der Waals surface area contributed by atoms with Gasteiger partial charge >= 0.3 is 5.97 Å². The van der Waals surface area contributed by atoms with Gasteiger partial charge < -0.3 is 14.7 Å². The van der Waals surface area contributed by atoms with Gasteiger partial charge in [-0.25, -0.2) is 13.8 Å². The van der Waals surface area contributed by atoms with Gasteiger partial charge in [0.05, 0.1) is 17.9 Å². The van der Waals surface area contributed by atoms with Crippen molar-refractivity contribution in [2.45, 2.75) is 0 Å². The third kappa shape index (κ3) is 2.20. The summed E-state index contributed by atoms with van der Waals surface area (Å²) in [7, 11) is 1.78. The molecule has 1 aromatic heterocycles. The molecule has 0 atom stereocenters. The van der Waals surface area contributed by atoms with Gasteiger partial charge in [0.1, 0.15) is 18.0 Å². The highest BCUT2D eigenvalue weighted by atomic mass is 19.1. The molecule has 1 aliphatic heterocycles. The average Bonchev–Trinajstić information content (AvgIpc) is 2.48. The largest absolute Gasteiger partial charge is 0.477 e. The average molecular weight is 304 g/mol. The van der Waals surface area contributed by atoms with Crippen LogP contribution in [0.4, 0.5) is 10.1 Å². The first-order valence-electron chi connectivity index (χ1n) is 6.62. The van der Waals surface area contributed by atoms with Crippen molar-refractivity contribution in [3.8, 4) is 11.6 Å². The van der Waals surface area contributed by atoms with Gasteiger partial charge in [0.25, 0.3) is 5.56 Å². The molecule has 1 aromatic carbocycles. The van der Waals surface area contributed by atoms with Crippen LogP contribution in [0.3, 0.4) is 0 Å². The van der Waals surface area contributed by atoms with Gasteiger partial charge in [0.15, 0.2) is 0 Å². The van der Waals surface area contributed by atoms with E-state index in [1.54, 1.807) is 7.05 Å². The van der Waals surface area contributed by atoms with Crippen LogP contribution in [0.25, 0.3) is 5.69 Å². The van der Waals surface area contributed by atoms with E-state index in [0.717, 1.165) is 4.57 Å². The van der Waals surface area contributed by atoms with Crippen molar-refractivity contribution >= 4 is 11.7 Å². The summed E-state index contributed by atoms with van der Waals surface area (Å²) in [6.07, 6.45) is 0. The fourth-order valence-electron chi connectivity index (χ4n) is 2.38. The van der Waals surface area contributed by atoms with E-state index in [2.05, 4.69) is 0 Å². The molecule has 0 saturated carbocycles. The number of hydrogen-bond donors (Lipinski definition) is 1. The Morgan fingerprint density at radius 3 is 2.64 bits per heavy atom. The van der Waals surface area contributed by atoms with E-state index < -0.39 is 17.3 Å². The van der Waals surface area contributed by atoms with Crippen molar-refractivity contribution in [1.29, 1.82) is 0 Å². The number of carboxylic acids is 1. The molecule has 7 heteroatoms. The lowest BCUT2D eigenvalue weighted by Crippen LogP contribution is -2.35. The molecule has 114 valence electrons. The second kappa shape index (κ2) is 5.18. The second-order valence-electron chi connectivity index (χ2n) is 4.94. The summed E-state index contributed by atoms with van der Waals surface area (Å²) < 4.78 is 19.8. The van der Waals surface area contributed by atoms with Crippen molar-refractivity contribution < 1.29 is 19.0 Å². The number of ether oxygens (including phenoxy) is 1. The zero-order valence-electron chi connectivity index (χ0n) is 11.7. The Labute approximate surface area is 125 Å². The number of carbonyl (C=O) groups is 1. The number of halogens is 1. The number of anilines is 1. The fourth-order valence-corrected chi connectivity index (χ4v) is 2.38. The number of likely N-dealkylation sites (N-methyl/N-ethyl adjacent to an activating group) is 1. The van der Waals surface area contributed by atoms with Crippen LogP contribution < -0.4 is 15.2 Å². The topological polar surface area (TPSA) is 71.8 Å². The highest BCUT2D eigenvalue weighted by molar-refractivity contribution is 5.89. The predicted molar refractivity (Wildman–Crippen MR) is 77.7 cm³/mol. The number of carboxylic acid groups (broad SMARTS) is 1. The number of rotatable bonds is 2. The number of hydrogen-bond acceptors (Lipinski definition) is 4. The molecule has 0 amide bonds. The van der Waals surface area contributed by atoms with E-state index in [0.29, 0.717) is 24.5 Å². The molecule has 2 heterocycles. The fraction of sp³-hybridized carbons (Fsp3) is 0.200. The van der Waals surface area contributed by atoms with E-state index in [1.165, 1.54) is 30.3 Å². The normalized spacial score (nSPS) is 13.5. The zero-order valence-corrected chi connectivity index (χ0v) is 11.7. The van der Waals surface area contributed by atoms with E-state index in [-0.39, 0.29) is 11.4 Å². The summed E-state index contributed by atoms with van der Waals surface area (Å²) in [6.45, 7) is 0.949. The predicted octanol–water partition coefficient (Wildman–Crippen LogP) is 1.50. The van der Waals surface area contributed by atoms with Crippen molar-refractivity contribution in [3.05, 3.63) is 52.1 Å². The van der Waals surface area contributed by atoms with Crippen LogP contribution in [0, 0.1) is 5.82 Å². The van der Waals surface area contributed by atoms with Crippen LogP contribution in [0.1, 0.15) is 10.4 Å².